The van der Waals surface area contributed by atoms with Crippen LogP contribution in [0.1, 0.15) is 42.9 Å². The summed E-state index contributed by atoms with van der Waals surface area (Å²) in [5, 5.41) is 12.0. The minimum absolute atomic E-state index is 0.140. The fourth-order valence-corrected chi connectivity index (χ4v) is 5.29. The number of nitrogens with zero attached hydrogens (tertiary/aromatic N) is 4. The van der Waals surface area contributed by atoms with Crippen molar-refractivity contribution in [1.29, 1.82) is 0 Å². The van der Waals surface area contributed by atoms with Gasteiger partial charge in [0.05, 0.1) is 29.4 Å². The van der Waals surface area contributed by atoms with Crippen LogP contribution in [0.25, 0.3) is 32.9 Å². The van der Waals surface area contributed by atoms with Crippen molar-refractivity contribution >= 4 is 21.8 Å². The molecule has 0 radical (unpaired) electrons. The lowest BCUT2D eigenvalue weighted by Gasteiger charge is -2.29. The van der Waals surface area contributed by atoms with Gasteiger partial charge in [-0.05, 0) is 60.2 Å². The monoisotopic (exact) mass is 480 g/mol. The highest BCUT2D eigenvalue weighted by atomic mass is 19.1. The summed E-state index contributed by atoms with van der Waals surface area (Å²) in [6.07, 6.45) is 8.31. The highest BCUT2D eigenvalue weighted by molar-refractivity contribution is 6.04. The van der Waals surface area contributed by atoms with Gasteiger partial charge in [0.2, 0.25) is 5.95 Å². The Balaban J connectivity index is 1.42. The maximum atomic E-state index is 13.6. The fraction of sp³-hybridized carbons (Fsp3) is 0.241. The third kappa shape index (κ3) is 4.05. The van der Waals surface area contributed by atoms with Crippen LogP contribution in [0.3, 0.4) is 0 Å². The minimum atomic E-state index is -0.538. The average molecular weight is 481 g/mol. The largest absolute Gasteiger partial charge is 0.391 e. The van der Waals surface area contributed by atoms with Crippen molar-refractivity contribution in [3.8, 4) is 11.1 Å². The van der Waals surface area contributed by atoms with Gasteiger partial charge in [0, 0.05) is 23.3 Å². The van der Waals surface area contributed by atoms with Gasteiger partial charge in [0.25, 0.3) is 5.56 Å². The number of hydrogen-bond donors (Lipinski definition) is 1. The van der Waals surface area contributed by atoms with E-state index in [-0.39, 0.29) is 11.6 Å². The van der Waals surface area contributed by atoms with Gasteiger partial charge in [-0.25, -0.2) is 9.97 Å². The second kappa shape index (κ2) is 9.24. The molecular formula is C29H25FN4O2. The number of hydrogen-bond acceptors (Lipinski definition) is 5. The number of aromatic nitrogens is 4. The van der Waals surface area contributed by atoms with Crippen LogP contribution in [0.5, 0.6) is 0 Å². The highest BCUT2D eigenvalue weighted by Crippen LogP contribution is 2.30. The maximum absolute atomic E-state index is 13.6. The molecule has 0 saturated heterocycles. The molecule has 6 rings (SSSR count). The topological polar surface area (TPSA) is 80.9 Å². The number of aliphatic hydroxyl groups excluding tert-OH is 1. The van der Waals surface area contributed by atoms with Crippen LogP contribution in [-0.2, 0) is 6.42 Å². The van der Waals surface area contributed by atoms with Gasteiger partial charge < -0.3 is 5.11 Å². The zero-order chi connectivity index (χ0) is 24.6. The number of aliphatic hydroxyl groups is 1. The zero-order valence-electron chi connectivity index (χ0n) is 19.6. The average Bonchev–Trinajstić information content (AvgIpc) is 2.91. The molecule has 0 spiro atoms. The van der Waals surface area contributed by atoms with Gasteiger partial charge in [-0.15, -0.1) is 0 Å². The summed E-state index contributed by atoms with van der Waals surface area (Å²) >= 11 is 0. The van der Waals surface area contributed by atoms with E-state index in [4.69, 9.17) is 0 Å². The molecule has 1 saturated carbocycles. The summed E-state index contributed by atoms with van der Waals surface area (Å²) in [7, 11) is 0. The van der Waals surface area contributed by atoms with Crippen LogP contribution in [-0.4, -0.2) is 30.7 Å². The zero-order valence-corrected chi connectivity index (χ0v) is 19.6. The van der Waals surface area contributed by atoms with E-state index in [1.165, 1.54) is 12.3 Å². The van der Waals surface area contributed by atoms with Crippen molar-refractivity contribution in [3.63, 3.8) is 0 Å². The Morgan fingerprint density at radius 3 is 2.47 bits per heavy atom. The molecule has 1 aliphatic rings. The maximum Gasteiger partial charge on any atom is 0.261 e. The van der Waals surface area contributed by atoms with Crippen LogP contribution < -0.4 is 5.56 Å². The molecule has 180 valence electrons. The number of fused-ring (bicyclic) bond motifs is 3. The third-order valence-corrected chi connectivity index (χ3v) is 7.19. The number of halogens is 1. The van der Waals surface area contributed by atoms with Crippen molar-refractivity contribution < 1.29 is 9.50 Å². The second-order valence-corrected chi connectivity index (χ2v) is 9.45. The molecule has 1 aliphatic carbocycles. The summed E-state index contributed by atoms with van der Waals surface area (Å²) in [4.78, 5) is 26.5. The number of benzene rings is 2. The Bertz CT molecular complexity index is 1610. The van der Waals surface area contributed by atoms with Crippen LogP contribution in [0.15, 0.2) is 78.1 Å². The van der Waals surface area contributed by atoms with Crippen LogP contribution in [0, 0.1) is 5.95 Å². The number of pyridine rings is 2. The quantitative estimate of drug-likeness (QED) is 0.282. The smallest absolute Gasteiger partial charge is 0.261 e. The van der Waals surface area contributed by atoms with E-state index < -0.39 is 12.1 Å². The number of rotatable bonds is 4. The Hall–Kier alpha value is -3.97. The minimum Gasteiger partial charge on any atom is -0.391 e. The van der Waals surface area contributed by atoms with Crippen molar-refractivity contribution in [2.45, 2.75) is 44.2 Å². The first kappa shape index (κ1) is 22.5. The molecular weight excluding hydrogens is 455 g/mol. The molecule has 0 unspecified atom stereocenters. The van der Waals surface area contributed by atoms with Gasteiger partial charge >= 0.3 is 0 Å². The van der Waals surface area contributed by atoms with Crippen molar-refractivity contribution in [3.05, 3.63) is 101 Å². The van der Waals surface area contributed by atoms with Gasteiger partial charge in [-0.1, -0.05) is 43.2 Å². The predicted molar refractivity (Wildman–Crippen MR) is 137 cm³/mol. The summed E-state index contributed by atoms with van der Waals surface area (Å²) in [5.41, 5.74) is 5.01. The summed E-state index contributed by atoms with van der Waals surface area (Å²) < 4.78 is 14.8. The molecule has 1 N–H and O–H groups in total. The molecule has 6 nitrogen and oxygen atoms in total. The molecule has 3 aromatic heterocycles. The molecule has 0 bridgehead atoms. The first-order valence-corrected chi connectivity index (χ1v) is 12.2. The van der Waals surface area contributed by atoms with E-state index in [1.807, 2.05) is 42.5 Å². The Morgan fingerprint density at radius 1 is 0.917 bits per heavy atom. The van der Waals surface area contributed by atoms with Crippen LogP contribution in [0.4, 0.5) is 4.39 Å². The third-order valence-electron chi connectivity index (χ3n) is 7.19. The predicted octanol–water partition coefficient (Wildman–Crippen LogP) is 5.21. The van der Waals surface area contributed by atoms with E-state index in [1.54, 1.807) is 23.2 Å². The van der Waals surface area contributed by atoms with Gasteiger partial charge in [0.15, 0.2) is 0 Å². The normalized spacial score (nSPS) is 18.1. The van der Waals surface area contributed by atoms with E-state index in [0.29, 0.717) is 29.3 Å². The summed E-state index contributed by atoms with van der Waals surface area (Å²) in [5.74, 6) is -0.501. The molecule has 7 heteroatoms. The lowest BCUT2D eigenvalue weighted by atomic mass is 9.92. The van der Waals surface area contributed by atoms with Gasteiger partial charge in [-0.2, -0.15) is 4.39 Å². The van der Waals surface area contributed by atoms with Crippen molar-refractivity contribution in [2.75, 3.05) is 0 Å². The fourth-order valence-electron chi connectivity index (χ4n) is 5.29. The first-order chi connectivity index (χ1) is 17.6. The van der Waals surface area contributed by atoms with Crippen LogP contribution >= 0.6 is 0 Å². The molecule has 0 aliphatic heterocycles. The molecule has 36 heavy (non-hydrogen) atoms. The lowest BCUT2D eigenvalue weighted by molar-refractivity contribution is 0.0735. The molecule has 0 amide bonds. The van der Waals surface area contributed by atoms with E-state index in [9.17, 15) is 14.3 Å². The Labute approximate surface area is 207 Å². The highest BCUT2D eigenvalue weighted by Gasteiger charge is 2.26. The molecule has 2 aromatic carbocycles. The van der Waals surface area contributed by atoms with E-state index in [2.05, 4.69) is 15.0 Å². The summed E-state index contributed by atoms with van der Waals surface area (Å²) in [6, 6.07) is 16.7. The SMILES string of the molecule is O=c1c2cc(Cc3ccc(-c4ccc(F)nc4)cc3)c3cccnc3c2ncn1[C@H]1CCCC[C@@H]1O. The Morgan fingerprint density at radius 2 is 1.69 bits per heavy atom. The second-order valence-electron chi connectivity index (χ2n) is 9.45. The van der Waals surface area contributed by atoms with Gasteiger partial charge in [0.1, 0.15) is 5.52 Å². The standard InChI is InChI=1S/C29H25FN4O2/c30-26-12-11-20(16-32-26)19-9-7-18(8-10-19)14-21-15-23-28(27-22(21)4-3-13-31-27)33-17-34(29(23)36)24-5-1-2-6-25(24)35/h3-4,7-13,15-17,24-25,35H,1-2,5-6,14H2/t24-,25-/m0/s1. The lowest BCUT2D eigenvalue weighted by Crippen LogP contribution is -2.34. The Kier molecular flexibility index (Phi) is 5.77. The first-order valence-electron chi connectivity index (χ1n) is 12.2. The van der Waals surface area contributed by atoms with E-state index in [0.717, 1.165) is 46.9 Å². The van der Waals surface area contributed by atoms with Gasteiger partial charge in [-0.3, -0.25) is 14.3 Å². The molecule has 2 atom stereocenters. The summed E-state index contributed by atoms with van der Waals surface area (Å²) in [6.45, 7) is 0. The molecule has 5 aromatic rings. The molecule has 3 heterocycles. The molecule has 1 fully saturated rings. The van der Waals surface area contributed by atoms with Crippen molar-refractivity contribution in [1.82, 2.24) is 19.5 Å². The van der Waals surface area contributed by atoms with Crippen molar-refractivity contribution in [2.24, 2.45) is 0 Å². The van der Waals surface area contributed by atoms with E-state index >= 15 is 0 Å². The van der Waals surface area contributed by atoms with Crippen LogP contribution in [0.2, 0.25) is 0 Å².